The molecule has 0 spiro atoms. The van der Waals surface area contributed by atoms with Crippen LogP contribution in [0.15, 0.2) is 108 Å². The zero-order valence-electron chi connectivity index (χ0n) is 30.0. The van der Waals surface area contributed by atoms with E-state index in [4.69, 9.17) is 18.5 Å². The number of hydrogen-bond donors (Lipinski definition) is 0. The Morgan fingerprint density at radius 3 is 1.68 bits per heavy atom. The van der Waals surface area contributed by atoms with Gasteiger partial charge in [-0.15, -0.1) is 0 Å². The second-order valence-corrected chi connectivity index (χ2v) is 14.9. The Morgan fingerprint density at radius 2 is 1.18 bits per heavy atom. The van der Waals surface area contributed by atoms with E-state index in [2.05, 4.69) is 23.0 Å². The van der Waals surface area contributed by atoms with Gasteiger partial charge in [0.15, 0.2) is 0 Å². The highest BCUT2D eigenvalue weighted by atomic mass is 31.2. The molecule has 3 aromatic rings. The van der Waals surface area contributed by atoms with Gasteiger partial charge in [-0.1, -0.05) is 179 Å². The summed E-state index contributed by atoms with van der Waals surface area (Å²) < 4.78 is 38.1. The predicted octanol–water partition coefficient (Wildman–Crippen LogP) is 12.5. The molecule has 3 rings (SSSR count). The monoisotopic (exact) mass is 703 g/mol. The Hall–Kier alpha value is -3.22. The van der Waals surface area contributed by atoms with Crippen LogP contribution in [0, 0.1) is 0 Å². The zero-order valence-corrected chi connectivity index (χ0v) is 30.9. The summed E-state index contributed by atoms with van der Waals surface area (Å²) in [6, 6.07) is 28.4. The first-order chi connectivity index (χ1) is 24.6. The van der Waals surface area contributed by atoms with Crippen molar-refractivity contribution in [3.05, 3.63) is 130 Å². The molecule has 272 valence electrons. The molecule has 0 bridgehead atoms. The van der Waals surface area contributed by atoms with Crippen molar-refractivity contribution in [3.63, 3.8) is 0 Å². The number of unbranched alkanes of at least 4 members (excludes halogenated alkanes) is 11. The maximum absolute atomic E-state index is 14.1. The normalized spacial score (nSPS) is 12.9. The lowest BCUT2D eigenvalue weighted by molar-refractivity contribution is -0.0880. The van der Waals surface area contributed by atoms with Gasteiger partial charge in [0.1, 0.15) is 6.79 Å². The van der Waals surface area contributed by atoms with Crippen LogP contribution in [-0.2, 0) is 42.9 Å². The summed E-state index contributed by atoms with van der Waals surface area (Å²) in [6.07, 6.45) is 19.0. The minimum absolute atomic E-state index is 0.0203. The van der Waals surface area contributed by atoms with E-state index in [0.717, 1.165) is 29.5 Å². The molecule has 0 heterocycles. The maximum Gasteiger partial charge on any atom is 0.331 e. The van der Waals surface area contributed by atoms with Crippen LogP contribution in [0.1, 0.15) is 107 Å². The van der Waals surface area contributed by atoms with Crippen LogP contribution in [0.2, 0.25) is 0 Å². The zero-order chi connectivity index (χ0) is 35.4. The first kappa shape index (κ1) is 41.2. The molecule has 0 aliphatic heterocycles. The average Bonchev–Trinajstić information content (AvgIpc) is 3.16. The Morgan fingerprint density at radius 1 is 0.700 bits per heavy atom. The van der Waals surface area contributed by atoms with E-state index in [1.54, 1.807) is 0 Å². The van der Waals surface area contributed by atoms with Crippen LogP contribution in [0.5, 0.6) is 0 Å². The minimum Gasteiger partial charge on any atom is -0.351 e. The Labute approximate surface area is 300 Å². The maximum atomic E-state index is 14.1. The van der Waals surface area contributed by atoms with Crippen LogP contribution in [0.25, 0.3) is 10.4 Å². The standard InChI is InChI=1S/C41H58N3O5P/c1-2-3-4-5-6-7-8-9-10-11-12-13-23-30-41(47-36-46-33-37-24-17-14-18-25-37)40(43-44-42)31-32-50(45,48-34-38-26-19-15-20-27-38)49-35-39-28-21-16-22-29-39/h14-30,40-41H,2-13,31-36H2,1H3/b30-23+/t40-,41+/m0/s1. The summed E-state index contributed by atoms with van der Waals surface area (Å²) in [4.78, 5) is 3.13. The number of ether oxygens (including phenoxy) is 2. The molecule has 50 heavy (non-hydrogen) atoms. The van der Waals surface area contributed by atoms with Crippen LogP contribution in [0.3, 0.4) is 0 Å². The van der Waals surface area contributed by atoms with Crippen molar-refractivity contribution < 1.29 is 23.1 Å². The van der Waals surface area contributed by atoms with E-state index in [1.807, 2.05) is 97.1 Å². The van der Waals surface area contributed by atoms with Crippen LogP contribution >= 0.6 is 7.60 Å². The molecule has 0 fully saturated rings. The van der Waals surface area contributed by atoms with Gasteiger partial charge in [0.2, 0.25) is 0 Å². The van der Waals surface area contributed by atoms with Gasteiger partial charge in [0, 0.05) is 4.91 Å². The fourth-order valence-corrected chi connectivity index (χ4v) is 7.22. The van der Waals surface area contributed by atoms with Crippen molar-refractivity contribution >= 4 is 7.60 Å². The van der Waals surface area contributed by atoms with E-state index in [-0.39, 0.29) is 32.6 Å². The average molecular weight is 704 g/mol. The van der Waals surface area contributed by atoms with Gasteiger partial charge in [-0.05, 0) is 41.5 Å². The molecule has 0 aliphatic rings. The topological polar surface area (TPSA) is 103 Å². The second-order valence-electron chi connectivity index (χ2n) is 12.7. The van der Waals surface area contributed by atoms with E-state index >= 15 is 0 Å². The third-order valence-corrected chi connectivity index (χ3v) is 10.4. The lowest BCUT2D eigenvalue weighted by Crippen LogP contribution is -2.27. The van der Waals surface area contributed by atoms with Gasteiger partial charge >= 0.3 is 7.60 Å². The summed E-state index contributed by atoms with van der Waals surface area (Å²) in [6.45, 7) is 2.97. The summed E-state index contributed by atoms with van der Waals surface area (Å²) >= 11 is 0. The highest BCUT2D eigenvalue weighted by Gasteiger charge is 2.29. The van der Waals surface area contributed by atoms with Gasteiger partial charge in [0.25, 0.3) is 0 Å². The van der Waals surface area contributed by atoms with Gasteiger partial charge < -0.3 is 18.5 Å². The SMILES string of the molecule is CCCCCCCCCCCCC/C=C/[C@@H](OCOCc1ccccc1)[C@H](CCP(=O)(OCc1ccccc1)OCc1ccccc1)N=[N+]=[N-]. The van der Waals surface area contributed by atoms with E-state index in [1.165, 1.54) is 64.2 Å². The molecule has 0 aliphatic carbocycles. The van der Waals surface area contributed by atoms with E-state index in [0.29, 0.717) is 6.61 Å². The molecule has 8 nitrogen and oxygen atoms in total. The molecule has 0 radical (unpaired) electrons. The first-order valence-corrected chi connectivity index (χ1v) is 20.2. The number of nitrogens with zero attached hydrogens (tertiary/aromatic N) is 3. The second kappa shape index (κ2) is 26.6. The Kier molecular flexibility index (Phi) is 21.9. The van der Waals surface area contributed by atoms with Gasteiger partial charge in [0.05, 0.1) is 38.1 Å². The summed E-state index contributed by atoms with van der Waals surface area (Å²) in [7, 11) is -3.59. The third-order valence-electron chi connectivity index (χ3n) is 8.57. The lowest BCUT2D eigenvalue weighted by atomic mass is 10.0. The molecule has 0 aromatic heterocycles. The highest BCUT2D eigenvalue weighted by Crippen LogP contribution is 2.51. The van der Waals surface area contributed by atoms with Gasteiger partial charge in [-0.3, -0.25) is 4.57 Å². The van der Waals surface area contributed by atoms with Gasteiger partial charge in [-0.2, -0.15) is 0 Å². The van der Waals surface area contributed by atoms with Crippen LogP contribution in [0.4, 0.5) is 0 Å². The summed E-state index contributed by atoms with van der Waals surface area (Å²) in [5.41, 5.74) is 12.4. The number of rotatable bonds is 29. The van der Waals surface area contributed by atoms with E-state index < -0.39 is 19.7 Å². The number of hydrogen-bond acceptors (Lipinski definition) is 6. The van der Waals surface area contributed by atoms with Crippen LogP contribution in [-0.4, -0.2) is 25.1 Å². The van der Waals surface area contributed by atoms with Gasteiger partial charge in [-0.25, -0.2) is 0 Å². The molecular weight excluding hydrogens is 645 g/mol. The highest BCUT2D eigenvalue weighted by molar-refractivity contribution is 7.53. The van der Waals surface area contributed by atoms with Crippen molar-refractivity contribution in [2.75, 3.05) is 13.0 Å². The molecular formula is C41H58N3O5P. The molecule has 9 heteroatoms. The number of allylic oxidation sites excluding steroid dienone is 1. The fraction of sp³-hybridized carbons (Fsp3) is 0.512. The van der Waals surface area contributed by atoms with Crippen LogP contribution < -0.4 is 0 Å². The molecule has 2 atom stereocenters. The lowest BCUT2D eigenvalue weighted by Gasteiger charge is -2.24. The predicted molar refractivity (Wildman–Crippen MR) is 204 cm³/mol. The summed E-state index contributed by atoms with van der Waals surface area (Å²) in [5, 5.41) is 4.10. The summed E-state index contributed by atoms with van der Waals surface area (Å²) in [5.74, 6) is 0. The molecule has 0 N–H and O–H groups in total. The van der Waals surface area contributed by atoms with Crippen molar-refractivity contribution in [1.82, 2.24) is 0 Å². The minimum atomic E-state index is -3.59. The quantitative estimate of drug-likeness (QED) is 0.0136. The molecule has 0 saturated carbocycles. The smallest absolute Gasteiger partial charge is 0.331 e. The third kappa shape index (κ3) is 18.7. The first-order valence-electron chi connectivity index (χ1n) is 18.5. The Bertz CT molecular complexity index is 1340. The van der Waals surface area contributed by atoms with Crippen molar-refractivity contribution in [2.45, 2.75) is 122 Å². The van der Waals surface area contributed by atoms with E-state index in [9.17, 15) is 10.1 Å². The van der Waals surface area contributed by atoms with Crippen molar-refractivity contribution in [1.29, 1.82) is 0 Å². The fourth-order valence-electron chi connectivity index (χ4n) is 5.62. The van der Waals surface area contributed by atoms with Crippen molar-refractivity contribution in [2.24, 2.45) is 5.11 Å². The Balaban J connectivity index is 1.58. The largest absolute Gasteiger partial charge is 0.351 e. The number of benzene rings is 3. The molecule has 3 aromatic carbocycles. The molecule has 0 unspecified atom stereocenters. The molecule has 0 saturated heterocycles. The van der Waals surface area contributed by atoms with Crippen molar-refractivity contribution in [3.8, 4) is 0 Å². The molecule has 0 amide bonds. The number of azide groups is 1.